The Morgan fingerprint density at radius 2 is 1.81 bits per heavy atom. The monoisotopic (exact) mass is 363 g/mol. The maximum Gasteiger partial charge on any atom is 0.277 e. The number of piperazine rings is 1. The van der Waals surface area contributed by atoms with Gasteiger partial charge in [0, 0.05) is 43.1 Å². The normalized spacial score (nSPS) is 14.6. The summed E-state index contributed by atoms with van der Waals surface area (Å²) < 4.78 is 0. The number of aromatic amines is 1. The van der Waals surface area contributed by atoms with E-state index in [1.807, 2.05) is 30.6 Å². The zero-order valence-corrected chi connectivity index (χ0v) is 15.4. The van der Waals surface area contributed by atoms with Crippen molar-refractivity contribution in [3.05, 3.63) is 63.8 Å². The van der Waals surface area contributed by atoms with Gasteiger partial charge >= 0.3 is 0 Å². The Morgan fingerprint density at radius 1 is 1.07 bits per heavy atom. The molecule has 27 heavy (non-hydrogen) atoms. The average Bonchev–Trinajstić information content (AvgIpc) is 2.71. The first-order valence-electron chi connectivity index (χ1n) is 8.99. The lowest BCUT2D eigenvalue weighted by atomic mass is 10.1. The number of carbonyl (C=O) groups excluding carboxylic acids is 1. The van der Waals surface area contributed by atoms with E-state index in [-0.39, 0.29) is 11.5 Å². The maximum absolute atomic E-state index is 12.9. The number of nitrogens with one attached hydrogen (secondary N) is 1. The zero-order valence-electron chi connectivity index (χ0n) is 15.4. The third kappa shape index (κ3) is 3.05. The van der Waals surface area contributed by atoms with Crippen molar-refractivity contribution < 1.29 is 4.79 Å². The molecule has 3 aromatic rings. The molecule has 0 spiro atoms. The van der Waals surface area contributed by atoms with Gasteiger partial charge in [-0.15, -0.1) is 0 Å². The number of hydrogen-bond acceptors (Lipinski definition) is 5. The van der Waals surface area contributed by atoms with Crippen LogP contribution in [0, 0.1) is 13.8 Å². The summed E-state index contributed by atoms with van der Waals surface area (Å²) in [6.45, 7) is 6.06. The van der Waals surface area contributed by atoms with Gasteiger partial charge in [0.2, 0.25) is 0 Å². The smallest absolute Gasteiger partial charge is 0.277 e. The second-order valence-electron chi connectivity index (χ2n) is 6.80. The molecule has 4 rings (SSSR count). The predicted molar refractivity (Wildman–Crippen MR) is 104 cm³/mol. The quantitative estimate of drug-likeness (QED) is 0.752. The largest absolute Gasteiger partial charge is 0.366 e. The van der Waals surface area contributed by atoms with Gasteiger partial charge in [0.1, 0.15) is 5.56 Å². The topological polar surface area (TPSA) is 82.2 Å². The fourth-order valence-corrected chi connectivity index (χ4v) is 3.54. The summed E-state index contributed by atoms with van der Waals surface area (Å²) in [5, 5.41) is 8.59. The minimum atomic E-state index is -0.427. The summed E-state index contributed by atoms with van der Waals surface area (Å²) in [6, 6.07) is 8.16. The number of pyridine rings is 1. The molecule has 1 aromatic carbocycles. The fraction of sp³-hybridized carbons (Fsp3) is 0.300. The van der Waals surface area contributed by atoms with Gasteiger partial charge in [0.25, 0.3) is 11.5 Å². The highest BCUT2D eigenvalue weighted by Gasteiger charge is 2.26. The van der Waals surface area contributed by atoms with Crippen molar-refractivity contribution in [3.8, 4) is 0 Å². The number of anilines is 1. The highest BCUT2D eigenvalue weighted by molar-refractivity contribution is 5.96. The van der Waals surface area contributed by atoms with E-state index >= 15 is 0 Å². The molecule has 0 saturated carbocycles. The molecule has 1 N–H and O–H groups in total. The third-order valence-electron chi connectivity index (χ3n) is 5.24. The van der Waals surface area contributed by atoms with Crippen molar-refractivity contribution in [1.82, 2.24) is 20.1 Å². The van der Waals surface area contributed by atoms with Crippen LogP contribution in [0.4, 0.5) is 5.69 Å². The van der Waals surface area contributed by atoms with E-state index < -0.39 is 5.56 Å². The predicted octanol–water partition coefficient (Wildman–Crippen LogP) is 1.90. The molecular formula is C20H21N5O2. The lowest BCUT2D eigenvalue weighted by molar-refractivity contribution is 0.0744. The summed E-state index contributed by atoms with van der Waals surface area (Å²) >= 11 is 0. The van der Waals surface area contributed by atoms with Gasteiger partial charge in [-0.1, -0.05) is 24.3 Å². The van der Waals surface area contributed by atoms with Crippen molar-refractivity contribution in [1.29, 1.82) is 0 Å². The zero-order chi connectivity index (χ0) is 19.0. The molecule has 7 nitrogen and oxygen atoms in total. The van der Waals surface area contributed by atoms with Crippen molar-refractivity contribution in [2.75, 3.05) is 31.1 Å². The molecule has 1 saturated heterocycles. The van der Waals surface area contributed by atoms with Gasteiger partial charge in [0.05, 0.1) is 17.6 Å². The first-order chi connectivity index (χ1) is 13.1. The number of aryl methyl sites for hydroxylation is 1. The van der Waals surface area contributed by atoms with Crippen molar-refractivity contribution in [3.63, 3.8) is 0 Å². The summed E-state index contributed by atoms with van der Waals surface area (Å²) in [5.74, 6) is -0.227. The summed E-state index contributed by atoms with van der Waals surface area (Å²) in [5.41, 5.74) is 2.16. The minimum Gasteiger partial charge on any atom is -0.366 e. The molecule has 0 atom stereocenters. The summed E-state index contributed by atoms with van der Waals surface area (Å²) in [4.78, 5) is 33.4. The van der Waals surface area contributed by atoms with E-state index in [1.165, 1.54) is 0 Å². The van der Waals surface area contributed by atoms with Crippen molar-refractivity contribution in [2.24, 2.45) is 0 Å². The SMILES string of the molecule is Cc1n[nH]c(=O)c(C(=O)N2CCN(c3cncc4ccccc34)CC2)c1C. The molecule has 3 heterocycles. The molecule has 1 aliphatic heterocycles. The highest BCUT2D eigenvalue weighted by Crippen LogP contribution is 2.26. The van der Waals surface area contributed by atoms with Crippen LogP contribution in [0.2, 0.25) is 0 Å². The Kier molecular flexibility index (Phi) is 4.35. The number of aromatic nitrogens is 3. The Balaban J connectivity index is 1.55. The van der Waals surface area contributed by atoms with E-state index in [4.69, 9.17) is 0 Å². The highest BCUT2D eigenvalue weighted by atomic mass is 16.2. The van der Waals surface area contributed by atoms with Crippen LogP contribution in [0.3, 0.4) is 0 Å². The van der Waals surface area contributed by atoms with Crippen LogP contribution >= 0.6 is 0 Å². The number of carbonyl (C=O) groups is 1. The first-order valence-corrected chi connectivity index (χ1v) is 8.99. The molecule has 7 heteroatoms. The molecule has 2 aromatic heterocycles. The Hall–Kier alpha value is -3.22. The second kappa shape index (κ2) is 6.83. The van der Waals surface area contributed by atoms with Gasteiger partial charge in [-0.05, 0) is 19.4 Å². The number of benzene rings is 1. The van der Waals surface area contributed by atoms with Crippen LogP contribution in [0.15, 0.2) is 41.5 Å². The Morgan fingerprint density at radius 3 is 2.59 bits per heavy atom. The van der Waals surface area contributed by atoms with Gasteiger partial charge in [-0.3, -0.25) is 14.6 Å². The Bertz CT molecular complexity index is 1060. The molecule has 0 aliphatic carbocycles. The molecule has 1 fully saturated rings. The van der Waals surface area contributed by atoms with Crippen molar-refractivity contribution in [2.45, 2.75) is 13.8 Å². The van der Waals surface area contributed by atoms with E-state index in [0.29, 0.717) is 37.4 Å². The summed E-state index contributed by atoms with van der Waals surface area (Å²) in [7, 11) is 0. The molecule has 1 aliphatic rings. The average molecular weight is 363 g/mol. The van der Waals surface area contributed by atoms with Crippen LogP contribution in [0.1, 0.15) is 21.6 Å². The van der Waals surface area contributed by atoms with E-state index in [9.17, 15) is 9.59 Å². The van der Waals surface area contributed by atoms with Crippen molar-refractivity contribution >= 4 is 22.4 Å². The Labute approximate surface area is 156 Å². The van der Waals surface area contributed by atoms with E-state index in [0.717, 1.165) is 16.5 Å². The van der Waals surface area contributed by atoms with E-state index in [2.05, 4.69) is 26.1 Å². The van der Waals surface area contributed by atoms with E-state index in [1.54, 1.807) is 18.7 Å². The van der Waals surface area contributed by atoms with Gasteiger partial charge in [0.15, 0.2) is 0 Å². The van der Waals surface area contributed by atoms with Crippen LogP contribution in [0.5, 0.6) is 0 Å². The molecule has 138 valence electrons. The minimum absolute atomic E-state index is 0.197. The molecule has 0 radical (unpaired) electrons. The standard InChI is InChI=1S/C20H21N5O2/c1-13-14(2)22-23-19(26)18(13)20(27)25-9-7-24(8-10-25)17-12-21-11-15-5-3-4-6-16(15)17/h3-6,11-12H,7-10H2,1-2H3,(H,23,26). The number of fused-ring (bicyclic) bond motifs is 1. The molecular weight excluding hydrogens is 342 g/mol. The van der Waals surface area contributed by atoms with Gasteiger partial charge in [-0.25, -0.2) is 5.10 Å². The fourth-order valence-electron chi connectivity index (χ4n) is 3.54. The van der Waals surface area contributed by atoms with Gasteiger partial charge in [-0.2, -0.15) is 5.10 Å². The second-order valence-corrected chi connectivity index (χ2v) is 6.80. The number of nitrogens with zero attached hydrogens (tertiary/aromatic N) is 4. The van der Waals surface area contributed by atoms with Gasteiger partial charge < -0.3 is 9.80 Å². The van der Waals surface area contributed by atoms with Crippen LogP contribution < -0.4 is 10.5 Å². The lowest BCUT2D eigenvalue weighted by Gasteiger charge is -2.36. The van der Waals surface area contributed by atoms with Crippen LogP contribution in [-0.2, 0) is 0 Å². The number of hydrogen-bond donors (Lipinski definition) is 1. The van der Waals surface area contributed by atoms with Crippen LogP contribution in [0.25, 0.3) is 10.8 Å². The van der Waals surface area contributed by atoms with Crippen LogP contribution in [-0.4, -0.2) is 52.2 Å². The molecule has 0 unspecified atom stereocenters. The first kappa shape index (κ1) is 17.2. The number of H-pyrrole nitrogens is 1. The molecule has 1 amide bonds. The number of rotatable bonds is 2. The third-order valence-corrected chi connectivity index (χ3v) is 5.24. The molecule has 0 bridgehead atoms. The lowest BCUT2D eigenvalue weighted by Crippen LogP contribution is -2.50. The number of amides is 1. The maximum atomic E-state index is 12.9. The summed E-state index contributed by atoms with van der Waals surface area (Å²) in [6.07, 6.45) is 3.74.